The Bertz CT molecular complexity index is 726. The van der Waals surface area contributed by atoms with Gasteiger partial charge in [0.25, 0.3) is 11.1 Å². The number of carbonyl (C=O) groups is 3. The number of phenolic OH excluding ortho intramolecular Hbond substituents is 1. The van der Waals surface area contributed by atoms with Crippen molar-refractivity contribution in [3.05, 3.63) is 31.5 Å². The lowest BCUT2D eigenvalue weighted by atomic mass is 10.2. The second-order valence-corrected chi connectivity index (χ2v) is 7.51. The number of benzene rings is 1. The van der Waals surface area contributed by atoms with E-state index >= 15 is 0 Å². The van der Waals surface area contributed by atoms with Gasteiger partial charge in [0.2, 0.25) is 0 Å². The second-order valence-electron chi connectivity index (χ2n) is 4.81. The van der Waals surface area contributed by atoms with Crippen molar-refractivity contribution in [2.24, 2.45) is 0 Å². The summed E-state index contributed by atoms with van der Waals surface area (Å²) >= 11 is 7.16. The number of carbonyl (C=O) groups excluding carboxylic acids is 3. The van der Waals surface area contributed by atoms with E-state index in [4.69, 9.17) is 4.74 Å². The molecule has 1 aromatic rings. The van der Waals surface area contributed by atoms with Crippen LogP contribution in [0, 0.1) is 0 Å². The number of nitrogens with zero attached hydrogens (tertiary/aromatic N) is 1. The van der Waals surface area contributed by atoms with Crippen LogP contribution in [0.15, 0.2) is 26.0 Å². The van der Waals surface area contributed by atoms with Gasteiger partial charge in [-0.25, -0.2) is 4.79 Å². The Balaban J connectivity index is 2.30. The van der Waals surface area contributed by atoms with Gasteiger partial charge in [-0.1, -0.05) is 0 Å². The number of aromatic hydroxyl groups is 1. The fraction of sp³-hybridized carbons (Fsp3) is 0.267. The van der Waals surface area contributed by atoms with Gasteiger partial charge < -0.3 is 9.84 Å². The molecule has 9 heteroatoms. The van der Waals surface area contributed by atoms with Crippen LogP contribution in [-0.4, -0.2) is 39.8 Å². The zero-order chi connectivity index (χ0) is 18.0. The molecule has 0 aromatic heterocycles. The molecule has 0 saturated carbocycles. The third kappa shape index (κ3) is 3.84. The number of rotatable bonds is 4. The van der Waals surface area contributed by atoms with Crippen molar-refractivity contribution in [1.29, 1.82) is 0 Å². The predicted octanol–water partition coefficient (Wildman–Crippen LogP) is 3.91. The average molecular weight is 479 g/mol. The van der Waals surface area contributed by atoms with Crippen molar-refractivity contribution >= 4 is 66.8 Å². The molecule has 6 nitrogen and oxygen atoms in total. The molecule has 24 heavy (non-hydrogen) atoms. The summed E-state index contributed by atoms with van der Waals surface area (Å²) in [4.78, 5) is 37.4. The highest BCUT2D eigenvalue weighted by molar-refractivity contribution is 9.11. The van der Waals surface area contributed by atoms with Crippen LogP contribution in [-0.2, 0) is 14.3 Å². The van der Waals surface area contributed by atoms with Crippen LogP contribution in [0.5, 0.6) is 5.75 Å². The van der Waals surface area contributed by atoms with Crippen LogP contribution >= 0.6 is 43.6 Å². The van der Waals surface area contributed by atoms with E-state index in [-0.39, 0.29) is 17.3 Å². The molecule has 1 unspecified atom stereocenters. The molecule has 0 spiro atoms. The van der Waals surface area contributed by atoms with Crippen LogP contribution in [0.2, 0.25) is 0 Å². The molecule has 0 radical (unpaired) electrons. The van der Waals surface area contributed by atoms with Crippen LogP contribution in [0.25, 0.3) is 6.08 Å². The van der Waals surface area contributed by atoms with Crippen molar-refractivity contribution in [2.75, 3.05) is 6.61 Å². The first-order valence-electron chi connectivity index (χ1n) is 6.88. The van der Waals surface area contributed by atoms with Gasteiger partial charge in [-0.05, 0) is 81.2 Å². The van der Waals surface area contributed by atoms with Gasteiger partial charge in [0, 0.05) is 0 Å². The van der Waals surface area contributed by atoms with Crippen molar-refractivity contribution < 1.29 is 24.2 Å². The summed E-state index contributed by atoms with van der Waals surface area (Å²) in [7, 11) is 0. The fourth-order valence-corrected chi connectivity index (χ4v) is 4.13. The van der Waals surface area contributed by atoms with Crippen molar-refractivity contribution in [2.45, 2.75) is 19.9 Å². The van der Waals surface area contributed by atoms with E-state index in [0.717, 1.165) is 16.7 Å². The average Bonchev–Trinajstić information content (AvgIpc) is 2.78. The number of thioether (sulfide) groups is 1. The normalized spacial score (nSPS) is 17.5. The summed E-state index contributed by atoms with van der Waals surface area (Å²) < 4.78 is 5.75. The van der Waals surface area contributed by atoms with Gasteiger partial charge in [-0.15, -0.1) is 0 Å². The van der Waals surface area contributed by atoms with Crippen LogP contribution in [0.4, 0.5) is 4.79 Å². The van der Waals surface area contributed by atoms with E-state index in [1.54, 1.807) is 19.1 Å². The maximum absolute atomic E-state index is 12.4. The Morgan fingerprint density at radius 3 is 2.50 bits per heavy atom. The highest BCUT2D eigenvalue weighted by atomic mass is 79.9. The highest BCUT2D eigenvalue weighted by Gasteiger charge is 2.41. The molecule has 2 amide bonds. The van der Waals surface area contributed by atoms with Gasteiger partial charge in [0.1, 0.15) is 11.8 Å². The molecule has 128 valence electrons. The molecule has 1 saturated heterocycles. The molecule has 0 aliphatic carbocycles. The number of halogens is 2. The number of phenols is 1. The maximum atomic E-state index is 12.4. The summed E-state index contributed by atoms with van der Waals surface area (Å²) in [6.45, 7) is 3.27. The largest absolute Gasteiger partial charge is 0.506 e. The molecule has 1 atom stereocenters. The number of hydrogen-bond acceptors (Lipinski definition) is 6. The van der Waals surface area contributed by atoms with Crippen LogP contribution in [0.3, 0.4) is 0 Å². The monoisotopic (exact) mass is 477 g/mol. The number of esters is 1. The Morgan fingerprint density at radius 1 is 1.38 bits per heavy atom. The summed E-state index contributed by atoms with van der Waals surface area (Å²) in [5.41, 5.74) is 0.612. The Labute approximate surface area is 159 Å². The van der Waals surface area contributed by atoms with Crippen LogP contribution in [0.1, 0.15) is 19.4 Å². The lowest BCUT2D eigenvalue weighted by Crippen LogP contribution is -2.42. The summed E-state index contributed by atoms with van der Waals surface area (Å²) in [6, 6.07) is 2.24. The molecular weight excluding hydrogens is 466 g/mol. The van der Waals surface area contributed by atoms with Gasteiger partial charge in [-0.3, -0.25) is 14.5 Å². The van der Waals surface area contributed by atoms with E-state index in [1.807, 2.05) is 0 Å². The van der Waals surface area contributed by atoms with Gasteiger partial charge in [0.15, 0.2) is 0 Å². The quantitative estimate of drug-likeness (QED) is 0.521. The van der Waals surface area contributed by atoms with E-state index in [2.05, 4.69) is 31.9 Å². The minimum atomic E-state index is -0.985. The fourth-order valence-electron chi connectivity index (χ4n) is 2.00. The van der Waals surface area contributed by atoms with Gasteiger partial charge in [-0.2, -0.15) is 0 Å². The molecule has 1 N–H and O–H groups in total. The Morgan fingerprint density at radius 2 is 1.96 bits per heavy atom. The number of amides is 2. The van der Waals surface area contributed by atoms with E-state index in [9.17, 15) is 19.5 Å². The highest BCUT2D eigenvalue weighted by Crippen LogP contribution is 2.37. The van der Waals surface area contributed by atoms with Crippen molar-refractivity contribution in [3.8, 4) is 5.75 Å². The maximum Gasteiger partial charge on any atom is 0.329 e. The summed E-state index contributed by atoms with van der Waals surface area (Å²) in [5.74, 6) is -1.14. The SMILES string of the molecule is CCOC(=O)C(C)N1C(=O)S/C(=C/c2cc(Br)c(O)c(Br)c2)C1=O. The molecule has 2 rings (SSSR count). The number of ether oxygens (including phenoxy) is 1. The van der Waals surface area contributed by atoms with E-state index in [1.165, 1.54) is 13.0 Å². The summed E-state index contributed by atoms with van der Waals surface area (Å²) in [5, 5.41) is 9.19. The van der Waals surface area contributed by atoms with E-state index < -0.39 is 23.2 Å². The molecule has 1 aliphatic heterocycles. The second kappa shape index (κ2) is 7.71. The zero-order valence-electron chi connectivity index (χ0n) is 12.7. The van der Waals surface area contributed by atoms with Gasteiger partial charge in [0.05, 0.1) is 20.5 Å². The van der Waals surface area contributed by atoms with Gasteiger partial charge >= 0.3 is 5.97 Å². The van der Waals surface area contributed by atoms with Crippen molar-refractivity contribution in [1.82, 2.24) is 4.90 Å². The molecule has 1 aromatic carbocycles. The molecule has 0 bridgehead atoms. The number of hydrogen-bond donors (Lipinski definition) is 1. The minimum absolute atomic E-state index is 0.0381. The lowest BCUT2D eigenvalue weighted by Gasteiger charge is -2.19. The topological polar surface area (TPSA) is 83.9 Å². The zero-order valence-corrected chi connectivity index (χ0v) is 16.7. The first-order valence-corrected chi connectivity index (χ1v) is 9.28. The molecule has 1 heterocycles. The summed E-state index contributed by atoms with van der Waals surface area (Å²) in [6.07, 6.45) is 1.53. The van der Waals surface area contributed by atoms with Crippen LogP contribution < -0.4 is 0 Å². The number of imide groups is 1. The molecular formula is C15H13Br2NO5S. The smallest absolute Gasteiger partial charge is 0.329 e. The molecule has 1 fully saturated rings. The third-order valence-electron chi connectivity index (χ3n) is 3.18. The van der Waals surface area contributed by atoms with E-state index in [0.29, 0.717) is 14.5 Å². The first kappa shape index (κ1) is 19.0. The molecule has 1 aliphatic rings. The first-order chi connectivity index (χ1) is 11.3. The third-order valence-corrected chi connectivity index (χ3v) is 5.27. The standard InChI is InChI=1S/C15H13Br2NO5S/c1-3-23-14(21)7(2)18-13(20)11(24-15(18)22)6-8-4-9(16)12(19)10(17)5-8/h4-7,19H,3H2,1-2H3/b11-6+. The van der Waals surface area contributed by atoms with Crippen molar-refractivity contribution in [3.63, 3.8) is 0 Å². The predicted molar refractivity (Wildman–Crippen MR) is 97.4 cm³/mol. The Kier molecular flexibility index (Phi) is 6.11. The lowest BCUT2D eigenvalue weighted by molar-refractivity contribution is -0.150. The minimum Gasteiger partial charge on any atom is -0.506 e. The Hall–Kier alpha value is -1.32.